The Labute approximate surface area is 125 Å². The van der Waals surface area contributed by atoms with Crippen LogP contribution in [0.1, 0.15) is 5.56 Å². The first kappa shape index (κ1) is 16.2. The van der Waals surface area contributed by atoms with Crippen molar-refractivity contribution in [2.75, 3.05) is 11.5 Å². The highest BCUT2D eigenvalue weighted by molar-refractivity contribution is 5.74. The van der Waals surface area contributed by atoms with Crippen LogP contribution in [0.25, 0.3) is 11.3 Å². The molecule has 1 aromatic heterocycles. The number of benzene rings is 1. The molecule has 1 heterocycles. The summed E-state index contributed by atoms with van der Waals surface area (Å²) in [4.78, 5) is 6.98. The van der Waals surface area contributed by atoms with Gasteiger partial charge in [-0.15, -0.1) is 13.2 Å². The van der Waals surface area contributed by atoms with Crippen molar-refractivity contribution in [3.8, 4) is 23.1 Å². The number of nitrogen functional groups attached to an aromatic ring is 2. The van der Waals surface area contributed by atoms with Crippen LogP contribution < -0.4 is 16.2 Å². The topological polar surface area (TPSA) is 111 Å². The van der Waals surface area contributed by atoms with Gasteiger partial charge in [0.05, 0.1) is 5.56 Å². The van der Waals surface area contributed by atoms with Gasteiger partial charge in [0.2, 0.25) is 5.95 Å². The van der Waals surface area contributed by atoms with Gasteiger partial charge in [-0.1, -0.05) is 0 Å². The molecule has 1 aromatic carbocycles. The predicted octanol–water partition coefficient (Wildman–Crippen LogP) is 2.36. The van der Waals surface area contributed by atoms with E-state index in [9.17, 15) is 22.0 Å². The fraction of sp³-hybridized carbons (Fsp3) is 0.0833. The van der Waals surface area contributed by atoms with Crippen LogP contribution in [0.15, 0.2) is 12.1 Å². The second-order valence-corrected chi connectivity index (χ2v) is 4.11. The third-order valence-corrected chi connectivity index (χ3v) is 2.55. The van der Waals surface area contributed by atoms with Gasteiger partial charge in [0, 0.05) is 12.1 Å². The summed E-state index contributed by atoms with van der Waals surface area (Å²) in [6, 6.07) is 2.13. The van der Waals surface area contributed by atoms with E-state index in [2.05, 4.69) is 14.7 Å². The van der Waals surface area contributed by atoms with Gasteiger partial charge in [-0.3, -0.25) is 0 Å². The number of ether oxygens (including phenoxy) is 1. The number of rotatable bonds is 2. The van der Waals surface area contributed by atoms with Crippen LogP contribution >= 0.6 is 0 Å². The van der Waals surface area contributed by atoms with E-state index in [1.54, 1.807) is 6.07 Å². The van der Waals surface area contributed by atoms with E-state index < -0.39 is 52.3 Å². The van der Waals surface area contributed by atoms with Crippen LogP contribution in [0.5, 0.6) is 5.75 Å². The summed E-state index contributed by atoms with van der Waals surface area (Å²) in [5.41, 5.74) is 8.79. The van der Waals surface area contributed by atoms with Gasteiger partial charge in [-0.05, 0) is 0 Å². The Morgan fingerprint density at radius 2 is 1.65 bits per heavy atom. The molecule has 0 fully saturated rings. The van der Waals surface area contributed by atoms with Crippen LogP contribution in [-0.2, 0) is 0 Å². The molecule has 0 aliphatic heterocycles. The SMILES string of the molecule is N#Cc1c(N)nc(N)nc1-c1c(F)cc(OC(F)(F)F)cc1F. The molecule has 23 heavy (non-hydrogen) atoms. The number of hydrogen-bond donors (Lipinski definition) is 2. The molecule has 0 spiro atoms. The molecular formula is C12H6F5N5O. The van der Waals surface area contributed by atoms with E-state index in [1.165, 1.54) is 0 Å². The minimum atomic E-state index is -5.12. The van der Waals surface area contributed by atoms with Crippen LogP contribution in [-0.4, -0.2) is 16.3 Å². The second kappa shape index (κ2) is 5.56. The molecule has 11 heteroatoms. The summed E-state index contributed by atoms with van der Waals surface area (Å²) in [5.74, 6) is -4.89. The molecule has 0 atom stereocenters. The number of anilines is 2. The Morgan fingerprint density at radius 3 is 2.13 bits per heavy atom. The number of hydrogen-bond acceptors (Lipinski definition) is 6. The van der Waals surface area contributed by atoms with Crippen molar-refractivity contribution in [1.82, 2.24) is 9.97 Å². The summed E-state index contributed by atoms with van der Waals surface area (Å²) >= 11 is 0. The average molecular weight is 331 g/mol. The van der Waals surface area contributed by atoms with E-state index in [-0.39, 0.29) is 0 Å². The number of nitriles is 1. The van der Waals surface area contributed by atoms with Gasteiger partial charge in [-0.25, -0.2) is 13.8 Å². The standard InChI is InChI=1S/C12H6F5N5O/c13-6-1-4(23-12(15,16)17)2-7(14)8(6)9-5(3-18)10(19)22-11(20)21-9/h1-2H,(H4,19,20,21,22). The van der Waals surface area contributed by atoms with Gasteiger partial charge in [0.15, 0.2) is 0 Å². The number of alkyl halides is 3. The third-order valence-electron chi connectivity index (χ3n) is 2.55. The number of nitrogens with zero attached hydrogens (tertiary/aromatic N) is 3. The summed E-state index contributed by atoms with van der Waals surface area (Å²) in [6.45, 7) is 0. The Balaban J connectivity index is 2.65. The maximum atomic E-state index is 14.0. The zero-order valence-electron chi connectivity index (χ0n) is 10.9. The molecule has 2 rings (SSSR count). The van der Waals surface area contributed by atoms with E-state index >= 15 is 0 Å². The van der Waals surface area contributed by atoms with E-state index in [4.69, 9.17) is 16.7 Å². The largest absolute Gasteiger partial charge is 0.573 e. The van der Waals surface area contributed by atoms with Crippen LogP contribution in [0.2, 0.25) is 0 Å². The fourth-order valence-electron chi connectivity index (χ4n) is 1.76. The molecule has 0 unspecified atom stereocenters. The van der Waals surface area contributed by atoms with Crippen LogP contribution in [0, 0.1) is 23.0 Å². The molecular weight excluding hydrogens is 325 g/mol. The average Bonchev–Trinajstić information content (AvgIpc) is 2.35. The second-order valence-electron chi connectivity index (χ2n) is 4.11. The first-order chi connectivity index (χ1) is 10.6. The number of aromatic nitrogens is 2. The van der Waals surface area contributed by atoms with Crippen molar-refractivity contribution in [3.05, 3.63) is 29.3 Å². The van der Waals surface area contributed by atoms with Crippen molar-refractivity contribution in [3.63, 3.8) is 0 Å². The van der Waals surface area contributed by atoms with Crippen LogP contribution in [0.3, 0.4) is 0 Å². The Bertz CT molecular complexity index is 792. The lowest BCUT2D eigenvalue weighted by Gasteiger charge is -2.12. The third kappa shape index (κ3) is 3.37. The Morgan fingerprint density at radius 1 is 1.09 bits per heavy atom. The lowest BCUT2D eigenvalue weighted by atomic mass is 10.1. The normalized spacial score (nSPS) is 11.1. The van der Waals surface area contributed by atoms with Crippen molar-refractivity contribution < 1.29 is 26.7 Å². The fourth-order valence-corrected chi connectivity index (χ4v) is 1.76. The number of nitrogens with two attached hydrogens (primary N) is 2. The summed E-state index contributed by atoms with van der Waals surface area (Å²) < 4.78 is 67.7. The summed E-state index contributed by atoms with van der Waals surface area (Å²) in [6.07, 6.45) is -5.12. The zero-order chi connectivity index (χ0) is 17.4. The Hall–Kier alpha value is -3.16. The van der Waals surface area contributed by atoms with Gasteiger partial charge in [0.25, 0.3) is 0 Å². The molecule has 0 aliphatic rings. The molecule has 120 valence electrons. The Kier molecular flexibility index (Phi) is 3.92. The van der Waals surface area contributed by atoms with Gasteiger partial charge >= 0.3 is 6.36 Å². The highest BCUT2D eigenvalue weighted by Crippen LogP contribution is 2.34. The quantitative estimate of drug-likeness (QED) is 0.817. The van der Waals surface area contributed by atoms with Crippen molar-refractivity contribution in [2.24, 2.45) is 0 Å². The van der Waals surface area contributed by atoms with Gasteiger partial charge in [-0.2, -0.15) is 10.2 Å². The first-order valence-corrected chi connectivity index (χ1v) is 5.70. The van der Waals surface area contributed by atoms with Gasteiger partial charge in [0.1, 0.15) is 40.5 Å². The van der Waals surface area contributed by atoms with Gasteiger partial charge < -0.3 is 16.2 Å². The molecule has 6 nitrogen and oxygen atoms in total. The maximum absolute atomic E-state index is 14.0. The van der Waals surface area contributed by atoms with E-state index in [1.807, 2.05) is 0 Å². The highest BCUT2D eigenvalue weighted by atomic mass is 19.4. The molecule has 0 saturated heterocycles. The molecule has 2 aromatic rings. The maximum Gasteiger partial charge on any atom is 0.573 e. The summed E-state index contributed by atoms with van der Waals surface area (Å²) in [7, 11) is 0. The highest BCUT2D eigenvalue weighted by Gasteiger charge is 2.32. The minimum absolute atomic E-state index is 0.293. The van der Waals surface area contributed by atoms with Crippen molar-refractivity contribution >= 4 is 11.8 Å². The molecule has 0 aliphatic carbocycles. The molecule has 0 saturated carbocycles. The summed E-state index contributed by atoms with van der Waals surface area (Å²) in [5, 5.41) is 8.97. The minimum Gasteiger partial charge on any atom is -0.406 e. The number of halogens is 5. The van der Waals surface area contributed by atoms with Crippen molar-refractivity contribution in [1.29, 1.82) is 5.26 Å². The molecule has 0 bridgehead atoms. The van der Waals surface area contributed by atoms with Crippen molar-refractivity contribution in [2.45, 2.75) is 6.36 Å². The molecule has 0 radical (unpaired) electrons. The zero-order valence-corrected chi connectivity index (χ0v) is 10.9. The van der Waals surface area contributed by atoms with Crippen LogP contribution in [0.4, 0.5) is 33.7 Å². The smallest absolute Gasteiger partial charge is 0.406 e. The van der Waals surface area contributed by atoms with E-state index in [0.29, 0.717) is 12.1 Å². The predicted molar refractivity (Wildman–Crippen MR) is 67.6 cm³/mol. The molecule has 4 N–H and O–H groups in total. The first-order valence-electron chi connectivity index (χ1n) is 5.70. The monoisotopic (exact) mass is 331 g/mol. The van der Waals surface area contributed by atoms with E-state index in [0.717, 1.165) is 0 Å². The lowest BCUT2D eigenvalue weighted by Crippen LogP contribution is -2.17. The molecule has 0 amide bonds. The lowest BCUT2D eigenvalue weighted by molar-refractivity contribution is -0.274.